The fraction of sp³-hybridized carbons (Fsp3) is 0. The van der Waals surface area contributed by atoms with Gasteiger partial charge in [0.1, 0.15) is 0 Å². The van der Waals surface area contributed by atoms with Gasteiger partial charge in [0, 0.05) is 33.2 Å². The average molecular weight is 752 g/mol. The SMILES string of the molecule is c1ccc(-c2ccc3c(c2)c2cc(-c4ccc5ccccc5c4)ccc2n3-c2ccc(-c3ccc(-c4cc(-c5ccccc5)nc(-c5ccccc5)n4)cc3)cc2)cc1. The van der Waals surface area contributed by atoms with Crippen molar-refractivity contribution in [2.24, 2.45) is 0 Å². The number of rotatable bonds is 7. The minimum atomic E-state index is 0.716. The summed E-state index contributed by atoms with van der Waals surface area (Å²) in [6.45, 7) is 0. The van der Waals surface area contributed by atoms with Gasteiger partial charge in [0.2, 0.25) is 0 Å². The Bertz CT molecular complexity index is 3220. The van der Waals surface area contributed by atoms with E-state index in [0.29, 0.717) is 5.82 Å². The van der Waals surface area contributed by atoms with E-state index in [1.54, 1.807) is 0 Å². The topological polar surface area (TPSA) is 30.7 Å². The largest absolute Gasteiger partial charge is 0.309 e. The van der Waals surface area contributed by atoms with Crippen LogP contribution in [0.15, 0.2) is 224 Å². The second kappa shape index (κ2) is 14.6. The average Bonchev–Trinajstić information content (AvgIpc) is 3.65. The van der Waals surface area contributed by atoms with Crippen LogP contribution >= 0.6 is 0 Å². The summed E-state index contributed by atoms with van der Waals surface area (Å²) in [4.78, 5) is 10.00. The van der Waals surface area contributed by atoms with Crippen molar-refractivity contribution in [3.63, 3.8) is 0 Å². The maximum absolute atomic E-state index is 5.03. The molecule has 0 aliphatic heterocycles. The van der Waals surface area contributed by atoms with Crippen molar-refractivity contribution < 1.29 is 0 Å². The first-order valence-corrected chi connectivity index (χ1v) is 20.1. The zero-order valence-corrected chi connectivity index (χ0v) is 32.2. The molecule has 11 rings (SSSR count). The van der Waals surface area contributed by atoms with Crippen LogP contribution < -0.4 is 0 Å². The number of benzene rings is 9. The summed E-state index contributed by atoms with van der Waals surface area (Å²) in [6.07, 6.45) is 0. The minimum Gasteiger partial charge on any atom is -0.309 e. The molecule has 0 saturated heterocycles. The molecule has 0 N–H and O–H groups in total. The third-order valence-electron chi connectivity index (χ3n) is 11.4. The van der Waals surface area contributed by atoms with E-state index in [4.69, 9.17) is 9.97 Å². The van der Waals surface area contributed by atoms with Crippen molar-refractivity contribution in [1.82, 2.24) is 14.5 Å². The summed E-state index contributed by atoms with van der Waals surface area (Å²) < 4.78 is 2.40. The third kappa shape index (κ3) is 6.45. The smallest absolute Gasteiger partial charge is 0.160 e. The number of fused-ring (bicyclic) bond motifs is 4. The van der Waals surface area contributed by atoms with Crippen LogP contribution in [-0.4, -0.2) is 14.5 Å². The highest BCUT2D eigenvalue weighted by atomic mass is 15.0. The molecule has 0 atom stereocenters. The van der Waals surface area contributed by atoms with Gasteiger partial charge in [-0.2, -0.15) is 0 Å². The van der Waals surface area contributed by atoms with E-state index in [0.717, 1.165) is 44.9 Å². The normalized spacial score (nSPS) is 11.4. The van der Waals surface area contributed by atoms with E-state index in [1.165, 1.54) is 54.8 Å². The molecule has 9 aromatic carbocycles. The van der Waals surface area contributed by atoms with Crippen LogP contribution in [0.1, 0.15) is 0 Å². The molecule has 0 fully saturated rings. The molecule has 3 nitrogen and oxygen atoms in total. The fourth-order valence-corrected chi connectivity index (χ4v) is 8.36. The van der Waals surface area contributed by atoms with Gasteiger partial charge >= 0.3 is 0 Å². The van der Waals surface area contributed by atoms with Gasteiger partial charge in [0.25, 0.3) is 0 Å². The van der Waals surface area contributed by atoms with Crippen LogP contribution in [0.4, 0.5) is 0 Å². The van der Waals surface area contributed by atoms with Gasteiger partial charge in [-0.3, -0.25) is 0 Å². The van der Waals surface area contributed by atoms with Crippen LogP contribution in [0, 0.1) is 0 Å². The summed E-state index contributed by atoms with van der Waals surface area (Å²) in [5.74, 6) is 0.716. The molecule has 0 bridgehead atoms. The third-order valence-corrected chi connectivity index (χ3v) is 11.4. The van der Waals surface area contributed by atoms with Crippen LogP contribution in [-0.2, 0) is 0 Å². The Morgan fingerprint density at radius 3 is 1.29 bits per heavy atom. The van der Waals surface area contributed by atoms with Gasteiger partial charge in [0.15, 0.2) is 5.82 Å². The zero-order valence-electron chi connectivity index (χ0n) is 32.2. The number of nitrogens with zero attached hydrogens (tertiary/aromatic N) is 3. The summed E-state index contributed by atoms with van der Waals surface area (Å²) >= 11 is 0. The summed E-state index contributed by atoms with van der Waals surface area (Å²) in [5.41, 5.74) is 15.5. The lowest BCUT2D eigenvalue weighted by atomic mass is 9.98. The molecule has 0 radical (unpaired) electrons. The predicted octanol–water partition coefficient (Wildman–Crippen LogP) is 14.7. The van der Waals surface area contributed by atoms with E-state index in [-0.39, 0.29) is 0 Å². The lowest BCUT2D eigenvalue weighted by molar-refractivity contribution is 1.18. The highest BCUT2D eigenvalue weighted by Crippen LogP contribution is 2.38. The Balaban J connectivity index is 0.964. The van der Waals surface area contributed by atoms with Crippen molar-refractivity contribution in [2.75, 3.05) is 0 Å². The molecule has 0 amide bonds. The molecule has 0 spiro atoms. The Hall–Kier alpha value is -7.88. The molecular weight excluding hydrogens is 715 g/mol. The Morgan fingerprint density at radius 2 is 0.678 bits per heavy atom. The number of hydrogen-bond donors (Lipinski definition) is 0. The maximum Gasteiger partial charge on any atom is 0.160 e. The quantitative estimate of drug-likeness (QED) is 0.162. The maximum atomic E-state index is 5.03. The van der Waals surface area contributed by atoms with Gasteiger partial charge in [-0.1, -0.05) is 176 Å². The minimum absolute atomic E-state index is 0.716. The molecule has 11 aromatic rings. The fourth-order valence-electron chi connectivity index (χ4n) is 8.36. The van der Waals surface area contributed by atoms with E-state index in [9.17, 15) is 0 Å². The lowest BCUT2D eigenvalue weighted by Crippen LogP contribution is -1.96. The van der Waals surface area contributed by atoms with E-state index < -0.39 is 0 Å². The summed E-state index contributed by atoms with van der Waals surface area (Å²) in [5, 5.41) is 4.97. The first kappa shape index (κ1) is 34.4. The predicted molar refractivity (Wildman–Crippen MR) is 246 cm³/mol. The van der Waals surface area contributed by atoms with E-state index in [2.05, 4.69) is 193 Å². The van der Waals surface area contributed by atoms with Crippen LogP contribution in [0.25, 0.3) is 106 Å². The Morgan fingerprint density at radius 1 is 0.271 bits per heavy atom. The van der Waals surface area contributed by atoms with Crippen LogP contribution in [0.3, 0.4) is 0 Å². The van der Waals surface area contributed by atoms with Crippen LogP contribution in [0.5, 0.6) is 0 Å². The van der Waals surface area contributed by atoms with E-state index >= 15 is 0 Å². The molecule has 0 saturated carbocycles. The first-order valence-electron chi connectivity index (χ1n) is 20.1. The van der Waals surface area contributed by atoms with Crippen LogP contribution in [0.2, 0.25) is 0 Å². The molecule has 0 aliphatic carbocycles. The lowest BCUT2D eigenvalue weighted by Gasteiger charge is -2.11. The van der Waals surface area contributed by atoms with Gasteiger partial charge in [-0.05, 0) is 92.7 Å². The van der Waals surface area contributed by atoms with Crippen molar-refractivity contribution in [3.8, 4) is 73.0 Å². The Kier molecular flexibility index (Phi) is 8.49. The van der Waals surface area contributed by atoms with E-state index in [1.807, 2.05) is 36.4 Å². The van der Waals surface area contributed by atoms with Gasteiger partial charge in [0.05, 0.1) is 22.4 Å². The molecule has 276 valence electrons. The van der Waals surface area contributed by atoms with Crippen molar-refractivity contribution in [3.05, 3.63) is 224 Å². The summed E-state index contributed by atoms with van der Waals surface area (Å²) in [6, 6.07) is 80.0. The highest BCUT2D eigenvalue weighted by molar-refractivity contribution is 6.12. The summed E-state index contributed by atoms with van der Waals surface area (Å²) in [7, 11) is 0. The number of aromatic nitrogens is 3. The molecule has 59 heavy (non-hydrogen) atoms. The molecule has 2 heterocycles. The van der Waals surface area contributed by atoms with Gasteiger partial charge in [-0.15, -0.1) is 0 Å². The first-order chi connectivity index (χ1) is 29.2. The van der Waals surface area contributed by atoms with Gasteiger partial charge in [-0.25, -0.2) is 9.97 Å². The molecule has 3 heteroatoms. The monoisotopic (exact) mass is 751 g/mol. The standard InChI is InChI=1S/C56H37N3/c1-4-12-38(13-5-1)47-28-32-54-50(35-47)51-36-48(46-25-22-39-14-10-11-19-45(39)34-46)29-33-55(51)59(54)49-30-26-41(27-31-49)40-20-23-43(24-21-40)53-37-52(42-15-6-2-7-16-42)57-56(58-53)44-17-8-3-9-18-44/h1-37H. The van der Waals surface area contributed by atoms with Crippen molar-refractivity contribution >= 4 is 32.6 Å². The highest BCUT2D eigenvalue weighted by Gasteiger charge is 2.16. The van der Waals surface area contributed by atoms with Crippen molar-refractivity contribution in [2.45, 2.75) is 0 Å². The number of hydrogen-bond acceptors (Lipinski definition) is 2. The molecule has 2 aromatic heterocycles. The second-order valence-electron chi connectivity index (χ2n) is 15.0. The molecule has 0 unspecified atom stereocenters. The zero-order chi connectivity index (χ0) is 39.1. The molecular formula is C56H37N3. The van der Waals surface area contributed by atoms with Crippen molar-refractivity contribution in [1.29, 1.82) is 0 Å². The second-order valence-corrected chi connectivity index (χ2v) is 15.0. The molecule has 0 aliphatic rings. The van der Waals surface area contributed by atoms with Gasteiger partial charge < -0.3 is 4.57 Å². The Labute approximate surface area is 343 Å².